The van der Waals surface area contributed by atoms with Crippen molar-refractivity contribution in [3.8, 4) is 0 Å². The first kappa shape index (κ1) is 14.8. The minimum absolute atomic E-state index is 0.175. The van der Waals surface area contributed by atoms with Crippen LogP contribution in [0.3, 0.4) is 0 Å². The van der Waals surface area contributed by atoms with Gasteiger partial charge < -0.3 is 5.32 Å². The molecule has 1 N–H and O–H groups in total. The molecule has 2 heterocycles. The number of hydrogen-bond donors (Lipinski definition) is 1. The molecular weight excluding hydrogens is 265 g/mol. The monoisotopic (exact) mass is 291 g/mol. The number of piperidine rings is 1. The smallest absolute Gasteiger partial charge is 0.125 e. The Morgan fingerprint density at radius 2 is 2.00 bits per heavy atom. The average molecular weight is 291 g/mol. The molecule has 21 heavy (non-hydrogen) atoms. The summed E-state index contributed by atoms with van der Waals surface area (Å²) in [4.78, 5) is 5.22. The zero-order valence-electron chi connectivity index (χ0n) is 12.7. The Bertz CT molecular complexity index is 445. The second-order valence-electron chi connectivity index (χ2n) is 6.28. The van der Waals surface area contributed by atoms with E-state index in [1.54, 1.807) is 12.1 Å². The summed E-state index contributed by atoms with van der Waals surface area (Å²) in [5, 5.41) is 3.31. The number of halogens is 1. The van der Waals surface area contributed by atoms with E-state index in [1.807, 2.05) is 6.07 Å². The number of benzene rings is 1. The van der Waals surface area contributed by atoms with Crippen LogP contribution in [0.25, 0.3) is 0 Å². The first-order valence-corrected chi connectivity index (χ1v) is 8.27. The SMILES string of the molecule is Fc1cccc(NCCN2CCC(N3CCCCC3)C2)c1. The topological polar surface area (TPSA) is 18.5 Å². The number of anilines is 1. The van der Waals surface area contributed by atoms with Crippen molar-refractivity contribution in [2.24, 2.45) is 0 Å². The lowest BCUT2D eigenvalue weighted by atomic mass is 10.1. The predicted octanol–water partition coefficient (Wildman–Crippen LogP) is 2.80. The maximum Gasteiger partial charge on any atom is 0.125 e. The Kier molecular flexibility index (Phi) is 5.09. The van der Waals surface area contributed by atoms with Gasteiger partial charge >= 0.3 is 0 Å². The van der Waals surface area contributed by atoms with Gasteiger partial charge in [0, 0.05) is 31.4 Å². The number of rotatable bonds is 5. The van der Waals surface area contributed by atoms with Crippen LogP contribution in [0.1, 0.15) is 25.7 Å². The van der Waals surface area contributed by atoms with E-state index in [4.69, 9.17) is 0 Å². The van der Waals surface area contributed by atoms with E-state index in [1.165, 1.54) is 57.9 Å². The van der Waals surface area contributed by atoms with Gasteiger partial charge in [0.2, 0.25) is 0 Å². The third-order valence-electron chi connectivity index (χ3n) is 4.74. The Labute approximate surface area is 127 Å². The van der Waals surface area contributed by atoms with Crippen molar-refractivity contribution in [1.29, 1.82) is 0 Å². The van der Waals surface area contributed by atoms with Crippen molar-refractivity contribution in [3.05, 3.63) is 30.1 Å². The molecule has 0 aromatic heterocycles. The Morgan fingerprint density at radius 3 is 2.81 bits per heavy atom. The van der Waals surface area contributed by atoms with Crippen molar-refractivity contribution in [2.75, 3.05) is 44.6 Å². The number of hydrogen-bond acceptors (Lipinski definition) is 3. The fourth-order valence-electron chi connectivity index (χ4n) is 3.55. The van der Waals surface area contributed by atoms with Crippen LogP contribution < -0.4 is 5.32 Å². The molecule has 116 valence electrons. The van der Waals surface area contributed by atoms with Gasteiger partial charge in [0.15, 0.2) is 0 Å². The van der Waals surface area contributed by atoms with Crippen molar-refractivity contribution in [3.63, 3.8) is 0 Å². The Hall–Kier alpha value is -1.13. The first-order valence-electron chi connectivity index (χ1n) is 8.27. The lowest BCUT2D eigenvalue weighted by Gasteiger charge is -2.32. The second-order valence-corrected chi connectivity index (χ2v) is 6.28. The molecule has 1 aromatic carbocycles. The molecule has 2 aliphatic rings. The highest BCUT2D eigenvalue weighted by Crippen LogP contribution is 2.20. The van der Waals surface area contributed by atoms with Gasteiger partial charge in [0.25, 0.3) is 0 Å². The van der Waals surface area contributed by atoms with Crippen LogP contribution in [0.15, 0.2) is 24.3 Å². The summed E-state index contributed by atoms with van der Waals surface area (Å²) in [7, 11) is 0. The standard InChI is InChI=1S/C17H26FN3/c18-15-5-4-6-16(13-15)19-8-12-20-11-7-17(14-20)21-9-2-1-3-10-21/h4-6,13,17,19H,1-3,7-12,14H2. The maximum absolute atomic E-state index is 13.1. The van der Waals surface area contributed by atoms with Crippen LogP contribution in [-0.4, -0.2) is 55.1 Å². The van der Waals surface area contributed by atoms with Crippen LogP contribution in [0, 0.1) is 5.82 Å². The molecule has 0 spiro atoms. The summed E-state index contributed by atoms with van der Waals surface area (Å²) in [5.74, 6) is -0.175. The summed E-state index contributed by atoms with van der Waals surface area (Å²) in [6.45, 7) is 6.91. The van der Waals surface area contributed by atoms with Gasteiger partial charge in [-0.1, -0.05) is 12.5 Å². The molecule has 3 rings (SSSR count). The second kappa shape index (κ2) is 7.23. The molecule has 1 atom stereocenters. The minimum atomic E-state index is -0.175. The van der Waals surface area contributed by atoms with Gasteiger partial charge in [-0.3, -0.25) is 9.80 Å². The molecular formula is C17H26FN3. The Balaban J connectivity index is 1.38. The molecule has 2 aliphatic heterocycles. The van der Waals surface area contributed by atoms with Gasteiger partial charge in [0.1, 0.15) is 5.82 Å². The molecule has 2 fully saturated rings. The van der Waals surface area contributed by atoms with Crippen LogP contribution in [0.4, 0.5) is 10.1 Å². The number of nitrogens with one attached hydrogen (secondary N) is 1. The predicted molar refractivity (Wildman–Crippen MR) is 85.2 cm³/mol. The van der Waals surface area contributed by atoms with Crippen LogP contribution in [-0.2, 0) is 0 Å². The summed E-state index contributed by atoms with van der Waals surface area (Å²) < 4.78 is 13.1. The van der Waals surface area contributed by atoms with Crippen LogP contribution >= 0.6 is 0 Å². The highest BCUT2D eigenvalue weighted by atomic mass is 19.1. The van der Waals surface area contributed by atoms with Crippen molar-refractivity contribution < 1.29 is 4.39 Å². The first-order chi connectivity index (χ1) is 10.3. The zero-order valence-corrected chi connectivity index (χ0v) is 12.7. The highest BCUT2D eigenvalue weighted by molar-refractivity contribution is 5.42. The zero-order chi connectivity index (χ0) is 14.5. The van der Waals surface area contributed by atoms with E-state index >= 15 is 0 Å². The van der Waals surface area contributed by atoms with Gasteiger partial charge in [0.05, 0.1) is 0 Å². The summed E-state index contributed by atoms with van der Waals surface area (Å²) in [6, 6.07) is 7.47. The lowest BCUT2D eigenvalue weighted by molar-refractivity contribution is 0.163. The number of nitrogens with zero attached hydrogens (tertiary/aromatic N) is 2. The third kappa shape index (κ3) is 4.17. The quantitative estimate of drug-likeness (QED) is 0.900. The largest absolute Gasteiger partial charge is 0.384 e. The molecule has 4 heteroatoms. The van der Waals surface area contributed by atoms with Crippen molar-refractivity contribution in [1.82, 2.24) is 9.80 Å². The summed E-state index contributed by atoms with van der Waals surface area (Å²) in [5.41, 5.74) is 0.877. The molecule has 1 unspecified atom stereocenters. The van der Waals surface area contributed by atoms with Crippen LogP contribution in [0.2, 0.25) is 0 Å². The van der Waals surface area contributed by atoms with E-state index in [-0.39, 0.29) is 5.82 Å². The highest BCUT2D eigenvalue weighted by Gasteiger charge is 2.27. The summed E-state index contributed by atoms with van der Waals surface area (Å²) >= 11 is 0. The normalized spacial score (nSPS) is 24.3. The van der Waals surface area contributed by atoms with E-state index in [0.717, 1.165) is 24.8 Å². The lowest BCUT2D eigenvalue weighted by Crippen LogP contribution is -2.41. The molecule has 3 nitrogen and oxygen atoms in total. The van der Waals surface area contributed by atoms with Crippen LogP contribution in [0.5, 0.6) is 0 Å². The summed E-state index contributed by atoms with van der Waals surface area (Å²) in [6.07, 6.45) is 5.46. The maximum atomic E-state index is 13.1. The molecule has 0 amide bonds. The van der Waals surface area contributed by atoms with Gasteiger partial charge in [-0.2, -0.15) is 0 Å². The molecule has 2 saturated heterocycles. The molecule has 0 radical (unpaired) electrons. The fourth-order valence-corrected chi connectivity index (χ4v) is 3.55. The average Bonchev–Trinajstić information content (AvgIpc) is 2.97. The van der Waals surface area contributed by atoms with E-state index < -0.39 is 0 Å². The number of likely N-dealkylation sites (tertiary alicyclic amines) is 2. The third-order valence-corrected chi connectivity index (χ3v) is 4.74. The Morgan fingerprint density at radius 1 is 1.14 bits per heavy atom. The molecule has 0 bridgehead atoms. The van der Waals surface area contributed by atoms with Gasteiger partial charge in [-0.05, 0) is 57.1 Å². The molecule has 1 aromatic rings. The van der Waals surface area contributed by atoms with E-state index in [2.05, 4.69) is 15.1 Å². The van der Waals surface area contributed by atoms with Crippen molar-refractivity contribution >= 4 is 5.69 Å². The molecule has 0 saturated carbocycles. The van der Waals surface area contributed by atoms with E-state index in [9.17, 15) is 4.39 Å². The minimum Gasteiger partial charge on any atom is -0.384 e. The van der Waals surface area contributed by atoms with Crippen molar-refractivity contribution in [2.45, 2.75) is 31.7 Å². The fraction of sp³-hybridized carbons (Fsp3) is 0.647. The molecule has 0 aliphatic carbocycles. The van der Waals surface area contributed by atoms with Gasteiger partial charge in [-0.25, -0.2) is 4.39 Å². The van der Waals surface area contributed by atoms with Gasteiger partial charge in [-0.15, -0.1) is 0 Å². The van der Waals surface area contributed by atoms with E-state index in [0.29, 0.717) is 0 Å².